The van der Waals surface area contributed by atoms with Crippen molar-refractivity contribution in [3.05, 3.63) is 179 Å². The van der Waals surface area contributed by atoms with Gasteiger partial charge in [-0.2, -0.15) is 0 Å². The lowest BCUT2D eigenvalue weighted by Gasteiger charge is -2.28. The molecule has 0 radical (unpaired) electrons. The van der Waals surface area contributed by atoms with Gasteiger partial charge in [0.15, 0.2) is 0 Å². The minimum Gasteiger partial charge on any atom is -0.0616 e. The molecule has 0 saturated heterocycles. The minimum absolute atomic E-state index is 0.00821. The van der Waals surface area contributed by atoms with Gasteiger partial charge in [0.25, 0.3) is 0 Å². The van der Waals surface area contributed by atoms with Gasteiger partial charge in [0.1, 0.15) is 0 Å². The zero-order valence-electron chi connectivity index (χ0n) is 48.9. The van der Waals surface area contributed by atoms with Crippen LogP contribution >= 0.6 is 0 Å². The monoisotopic (exact) mass is 991 g/mol. The molecule has 0 aliphatic rings. The Hall–Kier alpha value is -6.76. The van der Waals surface area contributed by atoms with Crippen molar-refractivity contribution in [3.8, 4) is 33.4 Å². The van der Waals surface area contributed by atoms with Gasteiger partial charge in [-0.3, -0.25) is 0 Å². The molecule has 0 nitrogen and oxygen atoms in total. The van der Waals surface area contributed by atoms with E-state index in [1.54, 1.807) is 0 Å². The average Bonchev–Trinajstić information content (AvgIpc) is 4.08. The van der Waals surface area contributed by atoms with E-state index in [2.05, 4.69) is 270 Å². The first-order valence-electron chi connectivity index (χ1n) is 28.2. The minimum atomic E-state index is -0.0756. The second-order valence-electron chi connectivity index (χ2n) is 29.1. The molecule has 0 heterocycles. The van der Waals surface area contributed by atoms with Gasteiger partial charge in [0.2, 0.25) is 0 Å². The predicted octanol–water partition coefficient (Wildman–Crippen LogP) is 22.6. The van der Waals surface area contributed by atoms with E-state index in [9.17, 15) is 0 Å². The van der Waals surface area contributed by atoms with Crippen LogP contribution in [0.4, 0.5) is 0 Å². The summed E-state index contributed by atoms with van der Waals surface area (Å²) in [6.45, 7) is 42.7. The molecule has 0 saturated carbocycles. The van der Waals surface area contributed by atoms with Crippen LogP contribution < -0.4 is 0 Å². The lowest BCUT2D eigenvalue weighted by Crippen LogP contribution is -2.16. The van der Waals surface area contributed by atoms with Crippen molar-refractivity contribution in [2.75, 3.05) is 0 Å². The van der Waals surface area contributed by atoms with Gasteiger partial charge in [-0.1, -0.05) is 258 Å². The van der Waals surface area contributed by atoms with E-state index in [0.29, 0.717) is 0 Å². The van der Waals surface area contributed by atoms with Gasteiger partial charge >= 0.3 is 0 Å². The SMILES string of the molecule is CC(C)(C)c1cc(-c2c3cc4c5ccccc5c5cccc(c3c(-c3cc(C(C)(C)C)cc(C(C)(C)C)c3)c3c6ccc(-c7cc(C(C)(C)C)cc8ccc(C(C)(C)C)cc78)c7cccc(c23)c76)c54)cc(C(C)(C)C)c1. The van der Waals surface area contributed by atoms with E-state index < -0.39 is 0 Å². The summed E-state index contributed by atoms with van der Waals surface area (Å²) in [5.41, 5.74) is 15.7. The molecule has 382 valence electrons. The van der Waals surface area contributed by atoms with Gasteiger partial charge in [0, 0.05) is 0 Å². The first kappa shape index (κ1) is 50.1. The first-order chi connectivity index (χ1) is 35.5. The predicted molar refractivity (Wildman–Crippen MR) is 337 cm³/mol. The molecule has 0 amide bonds. The fourth-order valence-electron chi connectivity index (χ4n) is 12.8. The van der Waals surface area contributed by atoms with Crippen LogP contribution in [0.1, 0.15) is 158 Å². The van der Waals surface area contributed by atoms with Crippen molar-refractivity contribution < 1.29 is 0 Å². The summed E-state index contributed by atoms with van der Waals surface area (Å²) in [6.07, 6.45) is 0. The summed E-state index contributed by atoms with van der Waals surface area (Å²) < 4.78 is 0. The fourth-order valence-corrected chi connectivity index (χ4v) is 12.8. The molecule has 0 spiro atoms. The molecule has 0 aliphatic carbocycles. The molecule has 0 N–H and O–H groups in total. The summed E-state index contributed by atoms with van der Waals surface area (Å²) in [4.78, 5) is 0. The van der Waals surface area contributed by atoms with E-state index in [1.807, 2.05) is 0 Å². The normalized spacial score (nSPS) is 13.7. The lowest BCUT2D eigenvalue weighted by atomic mass is 9.76. The van der Waals surface area contributed by atoms with E-state index in [4.69, 9.17) is 0 Å². The van der Waals surface area contributed by atoms with Gasteiger partial charge in [-0.15, -0.1) is 0 Å². The molecule has 12 aromatic rings. The highest BCUT2D eigenvalue weighted by molar-refractivity contribution is 6.45. The first-order valence-corrected chi connectivity index (χ1v) is 28.2. The van der Waals surface area contributed by atoms with Crippen LogP contribution in [0.5, 0.6) is 0 Å². The Labute approximate surface area is 453 Å². The molecule has 0 aromatic heterocycles. The molecule has 12 aromatic carbocycles. The van der Waals surface area contributed by atoms with Crippen LogP contribution in [0, 0.1) is 0 Å². The maximum atomic E-state index is 2.62. The molecule has 0 aliphatic heterocycles. The molecular weight excluding hydrogens is 913 g/mol. The highest BCUT2D eigenvalue weighted by atomic mass is 14.3. The number of rotatable bonds is 3. The standard InChI is InChI=1S/C76H78/c1-71(2,3)46-30-29-43-33-51(76(16,17)18)41-61(60(43)40-46)54-31-32-59-66-56(54)26-22-28-58(66)69-64(44-34-47(72(4,5)6)38-48(35-44)73(7,8)9)63-42-62-53-24-20-19-23-52(53)55-25-21-27-57(67(55)62)68(63)65(70(59)69)45-36-49(74(10,11)12)39-50(37-45)75(13,14)15/h19-42H,1-18H3. The number of hydrogen-bond acceptors (Lipinski definition) is 0. The number of benzene rings is 10. The maximum Gasteiger partial charge on any atom is -0.000718 e. The molecule has 0 bridgehead atoms. The zero-order chi connectivity index (χ0) is 54.1. The molecular formula is C76H78. The molecule has 0 unspecified atom stereocenters. The van der Waals surface area contributed by atoms with Gasteiger partial charge in [-0.05, 0) is 198 Å². The van der Waals surface area contributed by atoms with Crippen LogP contribution in [0.15, 0.2) is 146 Å². The van der Waals surface area contributed by atoms with Crippen molar-refractivity contribution in [3.63, 3.8) is 0 Å². The third-order valence-electron chi connectivity index (χ3n) is 17.4. The molecule has 0 fully saturated rings. The Bertz CT molecular complexity index is 4290. The Morgan fingerprint density at radius 2 is 0.632 bits per heavy atom. The highest BCUT2D eigenvalue weighted by Crippen LogP contribution is 2.57. The quantitative estimate of drug-likeness (QED) is 0.155. The lowest BCUT2D eigenvalue weighted by molar-refractivity contribution is 0.568. The topological polar surface area (TPSA) is 0 Å². The second-order valence-corrected chi connectivity index (χ2v) is 29.1. The summed E-state index contributed by atoms with van der Waals surface area (Å²) in [7, 11) is 0. The molecule has 0 atom stereocenters. The Morgan fingerprint density at radius 1 is 0.211 bits per heavy atom. The van der Waals surface area contributed by atoms with Crippen molar-refractivity contribution >= 4 is 86.2 Å². The summed E-state index contributed by atoms with van der Waals surface area (Å²) in [5.74, 6) is 0. The van der Waals surface area contributed by atoms with Gasteiger partial charge in [0.05, 0.1) is 0 Å². The molecule has 12 rings (SSSR count). The third kappa shape index (κ3) is 7.82. The van der Waals surface area contributed by atoms with Crippen molar-refractivity contribution in [1.29, 1.82) is 0 Å². The van der Waals surface area contributed by atoms with E-state index in [0.717, 1.165) is 0 Å². The molecule has 76 heavy (non-hydrogen) atoms. The largest absolute Gasteiger partial charge is 0.0616 e. The van der Waals surface area contributed by atoms with Crippen LogP contribution in [-0.4, -0.2) is 0 Å². The fraction of sp³-hybridized carbons (Fsp3) is 0.316. The Balaban J connectivity index is 1.37. The van der Waals surface area contributed by atoms with Crippen LogP contribution in [0.3, 0.4) is 0 Å². The summed E-state index contributed by atoms with van der Waals surface area (Å²) in [5, 5.41) is 21.3. The summed E-state index contributed by atoms with van der Waals surface area (Å²) >= 11 is 0. The van der Waals surface area contributed by atoms with E-state index in [1.165, 1.54) is 153 Å². The zero-order valence-corrected chi connectivity index (χ0v) is 48.9. The van der Waals surface area contributed by atoms with Crippen LogP contribution in [0.25, 0.3) is 120 Å². The maximum absolute atomic E-state index is 2.62. The highest BCUT2D eigenvalue weighted by Gasteiger charge is 2.31. The van der Waals surface area contributed by atoms with Gasteiger partial charge < -0.3 is 0 Å². The van der Waals surface area contributed by atoms with Crippen LogP contribution in [-0.2, 0) is 32.5 Å². The number of fused-ring (bicyclic) bond motifs is 9. The summed E-state index contributed by atoms with van der Waals surface area (Å²) in [6, 6.07) is 58.5. The third-order valence-corrected chi connectivity index (χ3v) is 17.4. The smallest absolute Gasteiger partial charge is 0.000718 e. The average molecular weight is 991 g/mol. The van der Waals surface area contributed by atoms with Crippen molar-refractivity contribution in [1.82, 2.24) is 0 Å². The second kappa shape index (κ2) is 16.4. The van der Waals surface area contributed by atoms with E-state index >= 15 is 0 Å². The Morgan fingerprint density at radius 3 is 1.17 bits per heavy atom. The Kier molecular flexibility index (Phi) is 10.8. The van der Waals surface area contributed by atoms with Gasteiger partial charge in [-0.25, -0.2) is 0 Å². The van der Waals surface area contributed by atoms with Crippen LogP contribution in [0.2, 0.25) is 0 Å². The molecule has 0 heteroatoms. The number of hydrogen-bond donors (Lipinski definition) is 0. The van der Waals surface area contributed by atoms with Crippen molar-refractivity contribution in [2.24, 2.45) is 0 Å². The van der Waals surface area contributed by atoms with Crippen molar-refractivity contribution in [2.45, 2.75) is 157 Å². The van der Waals surface area contributed by atoms with E-state index in [-0.39, 0.29) is 32.5 Å².